The highest BCUT2D eigenvalue weighted by molar-refractivity contribution is 5.72. The number of rotatable bonds is 5. The van der Waals surface area contributed by atoms with Gasteiger partial charge in [0.25, 0.3) is 0 Å². The van der Waals surface area contributed by atoms with Crippen LogP contribution >= 0.6 is 0 Å². The molecule has 110 valence electrons. The largest absolute Gasteiger partial charge is 0.341 e. The quantitative estimate of drug-likeness (QED) is 0.859. The van der Waals surface area contributed by atoms with Gasteiger partial charge in [0.05, 0.1) is 6.61 Å². The lowest BCUT2D eigenvalue weighted by Gasteiger charge is -2.17. The summed E-state index contributed by atoms with van der Waals surface area (Å²) in [6, 6.07) is 15.2. The van der Waals surface area contributed by atoms with Crippen molar-refractivity contribution in [3.63, 3.8) is 0 Å². The van der Waals surface area contributed by atoms with Crippen LogP contribution in [-0.2, 0) is 18.0 Å². The summed E-state index contributed by atoms with van der Waals surface area (Å²) >= 11 is 0. The van der Waals surface area contributed by atoms with E-state index in [0.29, 0.717) is 13.2 Å². The summed E-state index contributed by atoms with van der Waals surface area (Å²) in [4.78, 5) is 18.4. The second-order valence-electron chi connectivity index (χ2n) is 4.66. The minimum atomic E-state index is -0.352. The molecule has 0 atom stereocenters. The van der Waals surface area contributed by atoms with Crippen LogP contribution < -0.4 is 5.48 Å². The van der Waals surface area contributed by atoms with E-state index in [1.165, 1.54) is 17.0 Å². The molecule has 21 heavy (non-hydrogen) atoms. The lowest BCUT2D eigenvalue weighted by molar-refractivity contribution is 0.0382. The van der Waals surface area contributed by atoms with Gasteiger partial charge in [0, 0.05) is 13.6 Å². The van der Waals surface area contributed by atoms with E-state index < -0.39 is 0 Å². The zero-order valence-corrected chi connectivity index (χ0v) is 11.8. The molecule has 0 spiro atoms. The van der Waals surface area contributed by atoms with Gasteiger partial charge >= 0.3 is 6.03 Å². The Bertz CT molecular complexity index is 573. The van der Waals surface area contributed by atoms with Gasteiger partial charge in [-0.3, -0.25) is 4.84 Å². The molecular weight excluding hydrogens is 271 g/mol. The van der Waals surface area contributed by atoms with Crippen molar-refractivity contribution < 1.29 is 14.0 Å². The Kier molecular flexibility index (Phi) is 5.29. The van der Waals surface area contributed by atoms with Crippen LogP contribution in [-0.4, -0.2) is 18.0 Å². The van der Waals surface area contributed by atoms with Crippen LogP contribution in [0.3, 0.4) is 0 Å². The Labute approximate surface area is 123 Å². The molecule has 0 radical (unpaired) electrons. The summed E-state index contributed by atoms with van der Waals surface area (Å²) in [5, 5.41) is 0. The first-order valence-electron chi connectivity index (χ1n) is 6.56. The summed E-state index contributed by atoms with van der Waals surface area (Å²) < 4.78 is 12.8. The van der Waals surface area contributed by atoms with Crippen molar-refractivity contribution in [1.82, 2.24) is 10.4 Å². The molecule has 0 heterocycles. The third kappa shape index (κ3) is 4.89. The summed E-state index contributed by atoms with van der Waals surface area (Å²) in [6.07, 6.45) is 0. The number of hydroxylamine groups is 1. The second-order valence-corrected chi connectivity index (χ2v) is 4.66. The van der Waals surface area contributed by atoms with E-state index in [0.717, 1.165) is 11.1 Å². The third-order valence-electron chi connectivity index (χ3n) is 2.92. The van der Waals surface area contributed by atoms with Crippen molar-refractivity contribution >= 4 is 6.03 Å². The maximum Gasteiger partial charge on any atom is 0.341 e. The molecule has 4 nitrogen and oxygen atoms in total. The molecule has 0 saturated carbocycles. The predicted octanol–water partition coefficient (Wildman–Crippen LogP) is 3.10. The minimum Gasteiger partial charge on any atom is -0.322 e. The molecular formula is C16H17FN2O2. The van der Waals surface area contributed by atoms with Crippen LogP contribution in [0.15, 0.2) is 54.6 Å². The van der Waals surface area contributed by atoms with Gasteiger partial charge in [-0.05, 0) is 23.3 Å². The standard InChI is InChI=1S/C16H17FN2O2/c1-19(11-13-7-9-15(17)10-8-13)16(20)18-21-12-14-5-3-2-4-6-14/h2-10H,11-12H2,1H3,(H,18,20). The number of hydrogen-bond donors (Lipinski definition) is 1. The summed E-state index contributed by atoms with van der Waals surface area (Å²) in [6.45, 7) is 0.678. The minimum absolute atomic E-state index is 0.294. The number of nitrogens with one attached hydrogen (secondary N) is 1. The Hall–Kier alpha value is -2.40. The van der Waals surface area contributed by atoms with Crippen LogP contribution in [0, 0.1) is 5.82 Å². The molecule has 0 aliphatic carbocycles. The third-order valence-corrected chi connectivity index (χ3v) is 2.92. The Morgan fingerprint density at radius 2 is 1.76 bits per heavy atom. The zero-order chi connectivity index (χ0) is 15.1. The average molecular weight is 288 g/mol. The molecule has 0 aliphatic heterocycles. The van der Waals surface area contributed by atoms with Gasteiger partial charge in [0.1, 0.15) is 5.82 Å². The first kappa shape index (κ1) is 15.0. The van der Waals surface area contributed by atoms with Gasteiger partial charge in [-0.15, -0.1) is 0 Å². The maximum absolute atomic E-state index is 12.8. The summed E-state index contributed by atoms with van der Waals surface area (Å²) in [5.74, 6) is -0.294. The number of halogens is 1. The highest BCUT2D eigenvalue weighted by Gasteiger charge is 2.09. The first-order valence-corrected chi connectivity index (χ1v) is 6.56. The highest BCUT2D eigenvalue weighted by Crippen LogP contribution is 2.06. The highest BCUT2D eigenvalue weighted by atomic mass is 19.1. The van der Waals surface area contributed by atoms with E-state index in [1.807, 2.05) is 30.3 Å². The van der Waals surface area contributed by atoms with E-state index in [4.69, 9.17) is 4.84 Å². The molecule has 0 aliphatic rings. The first-order chi connectivity index (χ1) is 10.1. The van der Waals surface area contributed by atoms with Crippen molar-refractivity contribution in [1.29, 1.82) is 0 Å². The van der Waals surface area contributed by atoms with E-state index in [2.05, 4.69) is 5.48 Å². The van der Waals surface area contributed by atoms with Crippen LogP contribution in [0.5, 0.6) is 0 Å². The van der Waals surface area contributed by atoms with Gasteiger partial charge in [-0.2, -0.15) is 0 Å². The van der Waals surface area contributed by atoms with Crippen LogP contribution in [0.1, 0.15) is 11.1 Å². The predicted molar refractivity (Wildman–Crippen MR) is 77.6 cm³/mol. The van der Waals surface area contributed by atoms with E-state index >= 15 is 0 Å². The number of carbonyl (C=O) groups is 1. The number of nitrogens with zero attached hydrogens (tertiary/aromatic N) is 1. The number of benzene rings is 2. The molecule has 1 N–H and O–H groups in total. The fraction of sp³-hybridized carbons (Fsp3) is 0.188. The summed E-state index contributed by atoms with van der Waals surface area (Å²) in [7, 11) is 1.64. The van der Waals surface area contributed by atoms with E-state index in [1.54, 1.807) is 19.2 Å². The molecule has 2 aromatic carbocycles. The number of carbonyl (C=O) groups excluding carboxylic acids is 1. The fourth-order valence-electron chi connectivity index (χ4n) is 1.77. The van der Waals surface area contributed by atoms with Crippen molar-refractivity contribution in [2.24, 2.45) is 0 Å². The Morgan fingerprint density at radius 1 is 1.10 bits per heavy atom. The Balaban J connectivity index is 1.76. The Morgan fingerprint density at radius 3 is 2.43 bits per heavy atom. The van der Waals surface area contributed by atoms with Crippen molar-refractivity contribution in [2.75, 3.05) is 7.05 Å². The van der Waals surface area contributed by atoms with Gasteiger partial charge in [-0.25, -0.2) is 14.7 Å². The van der Waals surface area contributed by atoms with E-state index in [-0.39, 0.29) is 11.8 Å². The van der Waals surface area contributed by atoms with Crippen LogP contribution in [0.25, 0.3) is 0 Å². The monoisotopic (exact) mass is 288 g/mol. The molecule has 0 unspecified atom stereocenters. The van der Waals surface area contributed by atoms with E-state index in [9.17, 15) is 9.18 Å². The smallest absolute Gasteiger partial charge is 0.322 e. The number of amides is 2. The van der Waals surface area contributed by atoms with Gasteiger partial charge < -0.3 is 4.90 Å². The molecule has 2 amide bonds. The molecule has 5 heteroatoms. The normalized spacial score (nSPS) is 10.2. The van der Waals surface area contributed by atoms with Crippen LogP contribution in [0.2, 0.25) is 0 Å². The molecule has 2 rings (SSSR count). The molecule has 0 aromatic heterocycles. The van der Waals surface area contributed by atoms with Gasteiger partial charge in [-0.1, -0.05) is 42.5 Å². The van der Waals surface area contributed by atoms with Crippen molar-refractivity contribution in [3.8, 4) is 0 Å². The van der Waals surface area contributed by atoms with Crippen LogP contribution in [0.4, 0.5) is 9.18 Å². The van der Waals surface area contributed by atoms with Gasteiger partial charge in [0.2, 0.25) is 0 Å². The SMILES string of the molecule is CN(Cc1ccc(F)cc1)C(=O)NOCc1ccccc1. The topological polar surface area (TPSA) is 41.6 Å². The number of hydrogen-bond acceptors (Lipinski definition) is 2. The summed E-state index contributed by atoms with van der Waals surface area (Å²) in [5.41, 5.74) is 4.19. The zero-order valence-electron chi connectivity index (χ0n) is 11.8. The molecule has 0 saturated heterocycles. The second kappa shape index (κ2) is 7.40. The molecule has 0 bridgehead atoms. The lowest BCUT2D eigenvalue weighted by atomic mass is 10.2. The van der Waals surface area contributed by atoms with Gasteiger partial charge in [0.15, 0.2) is 0 Å². The van der Waals surface area contributed by atoms with Crippen molar-refractivity contribution in [3.05, 3.63) is 71.5 Å². The molecule has 0 fully saturated rings. The fourth-order valence-corrected chi connectivity index (χ4v) is 1.77. The molecule has 2 aromatic rings. The lowest BCUT2D eigenvalue weighted by Crippen LogP contribution is -2.36. The van der Waals surface area contributed by atoms with Crippen molar-refractivity contribution in [2.45, 2.75) is 13.2 Å². The number of urea groups is 1. The maximum atomic E-state index is 12.8. The average Bonchev–Trinajstić information content (AvgIpc) is 2.50.